The molecular formula is C14H20BrF2N. The van der Waals surface area contributed by atoms with E-state index in [4.69, 9.17) is 0 Å². The second-order valence-corrected chi connectivity index (χ2v) is 5.78. The van der Waals surface area contributed by atoms with Crippen molar-refractivity contribution in [2.24, 2.45) is 11.8 Å². The highest BCUT2D eigenvalue weighted by Gasteiger charge is 2.24. The van der Waals surface area contributed by atoms with Gasteiger partial charge in [-0.25, -0.2) is 8.78 Å². The summed E-state index contributed by atoms with van der Waals surface area (Å²) in [5.41, 5.74) is 0.402. The maximum Gasteiger partial charge on any atom is 0.137 e. The van der Waals surface area contributed by atoms with Crippen LogP contribution in [0, 0.1) is 23.5 Å². The fourth-order valence-electron chi connectivity index (χ4n) is 1.96. The fourth-order valence-corrected chi connectivity index (χ4v) is 2.28. The number of hydrogen-bond acceptors (Lipinski definition) is 1. The Hall–Kier alpha value is -0.480. The molecule has 1 N–H and O–H groups in total. The quantitative estimate of drug-likeness (QED) is 0.778. The Kier molecular flexibility index (Phi) is 5.73. The minimum absolute atomic E-state index is 0.163. The zero-order chi connectivity index (χ0) is 13.9. The summed E-state index contributed by atoms with van der Waals surface area (Å²) in [6, 6.07) is 2.31. The summed E-state index contributed by atoms with van der Waals surface area (Å²) >= 11 is 3.00. The first kappa shape index (κ1) is 15.6. The second kappa shape index (κ2) is 6.62. The molecule has 0 amide bonds. The molecule has 1 rings (SSSR count). The van der Waals surface area contributed by atoms with Gasteiger partial charge in [-0.1, -0.05) is 27.7 Å². The molecule has 0 aliphatic heterocycles. The molecule has 18 heavy (non-hydrogen) atoms. The lowest BCUT2D eigenvalue weighted by Crippen LogP contribution is -2.30. The summed E-state index contributed by atoms with van der Waals surface area (Å²) in [6.45, 7) is 8.91. The highest BCUT2D eigenvalue weighted by molar-refractivity contribution is 9.10. The predicted octanol–water partition coefficient (Wildman–Crippen LogP) is 4.67. The topological polar surface area (TPSA) is 12.0 Å². The van der Waals surface area contributed by atoms with Gasteiger partial charge in [0.2, 0.25) is 0 Å². The van der Waals surface area contributed by atoms with Crippen LogP contribution < -0.4 is 5.32 Å². The van der Waals surface area contributed by atoms with E-state index in [1.807, 2.05) is 6.92 Å². The number of halogens is 3. The SMILES string of the molecule is CCNC(c1cc(F)c(Br)cc1F)C(C)C(C)C. The van der Waals surface area contributed by atoms with Crippen LogP contribution >= 0.6 is 15.9 Å². The van der Waals surface area contributed by atoms with Crippen molar-refractivity contribution >= 4 is 15.9 Å². The van der Waals surface area contributed by atoms with Gasteiger partial charge in [-0.3, -0.25) is 0 Å². The van der Waals surface area contributed by atoms with Crippen molar-refractivity contribution in [3.05, 3.63) is 33.8 Å². The second-order valence-electron chi connectivity index (χ2n) is 4.93. The van der Waals surface area contributed by atoms with E-state index in [1.165, 1.54) is 12.1 Å². The van der Waals surface area contributed by atoms with Crippen molar-refractivity contribution in [1.82, 2.24) is 5.32 Å². The molecule has 0 fully saturated rings. The van der Waals surface area contributed by atoms with Crippen molar-refractivity contribution in [1.29, 1.82) is 0 Å². The molecule has 0 spiro atoms. The number of hydrogen-bond donors (Lipinski definition) is 1. The molecule has 2 unspecified atom stereocenters. The molecule has 4 heteroatoms. The van der Waals surface area contributed by atoms with E-state index in [9.17, 15) is 8.78 Å². The highest BCUT2D eigenvalue weighted by atomic mass is 79.9. The molecule has 0 bridgehead atoms. The third-order valence-corrected chi connectivity index (χ3v) is 3.98. The Bertz CT molecular complexity index is 407. The smallest absolute Gasteiger partial charge is 0.137 e. The molecule has 0 aliphatic carbocycles. The molecule has 0 aliphatic rings. The maximum atomic E-state index is 14.0. The van der Waals surface area contributed by atoms with Crippen LogP contribution in [0.25, 0.3) is 0 Å². The average molecular weight is 320 g/mol. The van der Waals surface area contributed by atoms with E-state index < -0.39 is 5.82 Å². The van der Waals surface area contributed by atoms with Crippen LogP contribution in [0.3, 0.4) is 0 Å². The summed E-state index contributed by atoms with van der Waals surface area (Å²) in [5.74, 6) is -0.188. The first-order valence-electron chi connectivity index (χ1n) is 6.26. The zero-order valence-electron chi connectivity index (χ0n) is 11.2. The number of benzene rings is 1. The van der Waals surface area contributed by atoms with Gasteiger partial charge in [0.1, 0.15) is 11.6 Å². The fraction of sp³-hybridized carbons (Fsp3) is 0.571. The van der Waals surface area contributed by atoms with Crippen LogP contribution in [0.2, 0.25) is 0 Å². The lowest BCUT2D eigenvalue weighted by Gasteiger charge is -2.28. The van der Waals surface area contributed by atoms with Crippen LogP contribution in [-0.2, 0) is 0 Å². The molecule has 0 aromatic heterocycles. The molecule has 0 saturated carbocycles. The zero-order valence-corrected chi connectivity index (χ0v) is 12.8. The minimum atomic E-state index is -0.426. The summed E-state index contributed by atoms with van der Waals surface area (Å²) in [7, 11) is 0. The first-order valence-corrected chi connectivity index (χ1v) is 7.05. The number of rotatable bonds is 5. The third kappa shape index (κ3) is 3.51. The standard InChI is InChI=1S/C14H20BrF2N/c1-5-18-14(9(4)8(2)3)10-6-13(17)11(15)7-12(10)16/h6-9,14,18H,5H2,1-4H3. The van der Waals surface area contributed by atoms with Crippen LogP contribution in [0.5, 0.6) is 0 Å². The summed E-state index contributed by atoms with van der Waals surface area (Å²) < 4.78 is 27.7. The van der Waals surface area contributed by atoms with Gasteiger partial charge in [0, 0.05) is 11.6 Å². The summed E-state index contributed by atoms with van der Waals surface area (Å²) in [6.07, 6.45) is 0. The van der Waals surface area contributed by atoms with Crippen LogP contribution in [0.4, 0.5) is 8.78 Å². The molecule has 0 heterocycles. The van der Waals surface area contributed by atoms with Crippen LogP contribution in [0.15, 0.2) is 16.6 Å². The van der Waals surface area contributed by atoms with Crippen molar-refractivity contribution in [3.63, 3.8) is 0 Å². The van der Waals surface area contributed by atoms with Crippen molar-refractivity contribution in [3.8, 4) is 0 Å². The van der Waals surface area contributed by atoms with E-state index in [2.05, 4.69) is 42.0 Å². The molecule has 0 saturated heterocycles. The molecule has 1 nitrogen and oxygen atoms in total. The van der Waals surface area contributed by atoms with Gasteiger partial charge in [0.05, 0.1) is 4.47 Å². The Morgan fingerprint density at radius 2 is 1.78 bits per heavy atom. The number of nitrogens with one attached hydrogen (secondary N) is 1. The Morgan fingerprint density at radius 3 is 2.28 bits per heavy atom. The largest absolute Gasteiger partial charge is 0.310 e. The van der Waals surface area contributed by atoms with Crippen molar-refractivity contribution in [2.45, 2.75) is 33.7 Å². The highest BCUT2D eigenvalue weighted by Crippen LogP contribution is 2.31. The van der Waals surface area contributed by atoms with Crippen LogP contribution in [-0.4, -0.2) is 6.54 Å². The van der Waals surface area contributed by atoms with Gasteiger partial charge in [-0.05, 0) is 46.4 Å². The van der Waals surface area contributed by atoms with Crippen LogP contribution in [0.1, 0.15) is 39.3 Å². The van der Waals surface area contributed by atoms with Gasteiger partial charge in [-0.2, -0.15) is 0 Å². The summed E-state index contributed by atoms with van der Waals surface area (Å²) in [5, 5.41) is 3.25. The minimum Gasteiger partial charge on any atom is -0.310 e. The van der Waals surface area contributed by atoms with Gasteiger partial charge >= 0.3 is 0 Å². The predicted molar refractivity (Wildman–Crippen MR) is 74.5 cm³/mol. The summed E-state index contributed by atoms with van der Waals surface area (Å²) in [4.78, 5) is 0. The van der Waals surface area contributed by atoms with E-state index in [1.54, 1.807) is 0 Å². The maximum absolute atomic E-state index is 14.0. The average Bonchev–Trinajstić information content (AvgIpc) is 2.30. The molecule has 1 aromatic rings. The molecule has 2 atom stereocenters. The monoisotopic (exact) mass is 319 g/mol. The Balaban J connectivity index is 3.17. The first-order chi connectivity index (χ1) is 8.38. The Labute approximate surface area is 116 Å². The van der Waals surface area contributed by atoms with Gasteiger partial charge in [-0.15, -0.1) is 0 Å². The Morgan fingerprint density at radius 1 is 1.17 bits per heavy atom. The lowest BCUT2D eigenvalue weighted by atomic mass is 9.86. The van der Waals surface area contributed by atoms with Crippen molar-refractivity contribution in [2.75, 3.05) is 6.54 Å². The van der Waals surface area contributed by atoms with E-state index >= 15 is 0 Å². The molecular weight excluding hydrogens is 300 g/mol. The van der Waals surface area contributed by atoms with E-state index in [0.29, 0.717) is 11.5 Å². The molecule has 102 valence electrons. The molecule has 0 radical (unpaired) electrons. The van der Waals surface area contributed by atoms with Gasteiger partial charge in [0.25, 0.3) is 0 Å². The third-order valence-electron chi connectivity index (χ3n) is 3.38. The van der Waals surface area contributed by atoms with E-state index in [0.717, 1.165) is 6.54 Å². The molecule has 1 aromatic carbocycles. The van der Waals surface area contributed by atoms with E-state index in [-0.39, 0.29) is 22.2 Å². The normalized spacial score (nSPS) is 14.9. The van der Waals surface area contributed by atoms with Gasteiger partial charge in [0.15, 0.2) is 0 Å². The van der Waals surface area contributed by atoms with Crippen molar-refractivity contribution < 1.29 is 8.78 Å². The van der Waals surface area contributed by atoms with Gasteiger partial charge < -0.3 is 5.32 Å². The lowest BCUT2D eigenvalue weighted by molar-refractivity contribution is 0.300.